The minimum Gasteiger partial charge on any atom is -1.00 e. The Hall–Kier alpha value is -1.85. The Labute approximate surface area is 198 Å². The predicted octanol–water partition coefficient (Wildman–Crippen LogP) is -2.23. The number of carbonyl (C=O) groups is 4. The first-order chi connectivity index (χ1) is 14.1. The molecule has 0 unspecified atom stereocenters. The molecule has 4 aliphatic heterocycles. The molecule has 4 fully saturated rings. The molecule has 0 spiro atoms. The molecule has 0 aromatic heterocycles. The van der Waals surface area contributed by atoms with Gasteiger partial charge >= 0.3 is 47.6 Å². The Morgan fingerprint density at radius 3 is 2.45 bits per heavy atom. The zero-order chi connectivity index (χ0) is 21.5. The molecule has 3 amide bonds. The largest absolute Gasteiger partial charge is 1.00 e. The van der Waals surface area contributed by atoms with Gasteiger partial charge in [-0.3, -0.25) is 19.3 Å². The zero-order valence-corrected chi connectivity index (χ0v) is 18.7. The number of carbonyl (C=O) groups excluding carboxylic acids is 3. The van der Waals surface area contributed by atoms with Gasteiger partial charge in [0.15, 0.2) is 0 Å². The van der Waals surface area contributed by atoms with Crippen molar-refractivity contribution in [2.24, 2.45) is 5.92 Å². The van der Waals surface area contributed by atoms with Crippen molar-refractivity contribution in [1.29, 1.82) is 0 Å². The topological polar surface area (TPSA) is 98.2 Å². The number of allylic oxidation sites excluding steroid dienone is 2. The summed E-state index contributed by atoms with van der Waals surface area (Å²) in [6.07, 6.45) is -1.19. The van der Waals surface area contributed by atoms with Crippen LogP contribution >= 0.6 is 0 Å². The van der Waals surface area contributed by atoms with E-state index in [1.165, 1.54) is 6.08 Å². The van der Waals surface area contributed by atoms with E-state index in [4.69, 9.17) is 0 Å². The Balaban J connectivity index is 0.00000144. The molecule has 0 radical (unpaired) electrons. The molecule has 31 heavy (non-hydrogen) atoms. The summed E-state index contributed by atoms with van der Waals surface area (Å²) in [5.41, 5.74) is 0.390. The molecule has 0 aromatic rings. The Morgan fingerprint density at radius 2 is 1.87 bits per heavy atom. The van der Waals surface area contributed by atoms with Crippen LogP contribution in [0.4, 0.5) is 13.2 Å². The van der Waals surface area contributed by atoms with Crippen LogP contribution in [0.2, 0.25) is 0 Å². The summed E-state index contributed by atoms with van der Waals surface area (Å²) < 4.78 is 38.8. The van der Waals surface area contributed by atoms with Gasteiger partial charge in [0, 0.05) is 30.6 Å². The number of likely N-dealkylation sites (tertiary alicyclic amines) is 2. The van der Waals surface area contributed by atoms with Crippen LogP contribution in [-0.2, 0) is 19.2 Å². The number of β-lactam (4-membered cyclic amide) rings is 1. The van der Waals surface area contributed by atoms with Crippen LogP contribution in [0.3, 0.4) is 0 Å². The number of nitrogens with zero attached hydrogens (tertiary/aromatic N) is 3. The third-order valence-corrected chi connectivity index (χ3v) is 6.59. The number of halogens is 3. The van der Waals surface area contributed by atoms with Crippen molar-refractivity contribution in [3.05, 3.63) is 22.9 Å². The van der Waals surface area contributed by atoms with Gasteiger partial charge in [0.05, 0.1) is 6.04 Å². The van der Waals surface area contributed by atoms with Crippen LogP contribution in [0.15, 0.2) is 22.9 Å². The fourth-order valence-electron chi connectivity index (χ4n) is 5.19. The maximum atomic E-state index is 12.9. The molecule has 162 valence electrons. The Kier molecular flexibility index (Phi) is 5.30. The van der Waals surface area contributed by atoms with E-state index < -0.39 is 42.0 Å². The second-order valence-corrected chi connectivity index (χ2v) is 8.39. The SMILES string of the molecule is O=C(O)C1=C(/C=C2\CCN(C3CC3)C2=O)C[C@@H]2CN(C(=O)C(F)(F)F)[C@@H]3C(=O)N1[C@H]23.[H-].[Na+]. The van der Waals surface area contributed by atoms with Crippen LogP contribution in [0.5, 0.6) is 0 Å². The van der Waals surface area contributed by atoms with Crippen molar-refractivity contribution < 1.29 is 68.4 Å². The van der Waals surface area contributed by atoms with E-state index >= 15 is 0 Å². The van der Waals surface area contributed by atoms with Crippen molar-refractivity contribution in [1.82, 2.24) is 14.7 Å². The number of amides is 3. The molecular formula is C19H19F3N3NaO5. The molecule has 1 saturated carbocycles. The van der Waals surface area contributed by atoms with Crippen molar-refractivity contribution in [3.8, 4) is 0 Å². The number of hydrogen-bond acceptors (Lipinski definition) is 4. The maximum absolute atomic E-state index is 12.9. The van der Waals surface area contributed by atoms with E-state index in [2.05, 4.69) is 0 Å². The standard InChI is InChI=1S/C19H18F3N3O5.Na.H/c20-19(21,22)18(30)24-7-10-6-9(5-8-3-4-23(15(8)26)11-1-2-11)13(17(28)29)25-12(10)14(24)16(25)27;;/h5,10-12,14H,1-4,6-7H2,(H,28,29);;/q;+1;-1/b8-5+;;/t10-,12-,14+;;/m1../s1. The van der Waals surface area contributed by atoms with Crippen LogP contribution in [-0.4, -0.2) is 80.9 Å². The second-order valence-electron chi connectivity index (χ2n) is 8.39. The summed E-state index contributed by atoms with van der Waals surface area (Å²) in [7, 11) is 0. The fraction of sp³-hybridized carbons (Fsp3) is 0.579. The molecule has 12 heteroatoms. The van der Waals surface area contributed by atoms with Crippen LogP contribution in [0.1, 0.15) is 27.1 Å². The third kappa shape index (κ3) is 3.32. The van der Waals surface area contributed by atoms with E-state index in [9.17, 15) is 37.5 Å². The van der Waals surface area contributed by atoms with Crippen molar-refractivity contribution in [3.63, 3.8) is 0 Å². The van der Waals surface area contributed by atoms with Gasteiger partial charge in [0.25, 0.3) is 5.91 Å². The Morgan fingerprint density at radius 1 is 1.19 bits per heavy atom. The second kappa shape index (κ2) is 7.35. The van der Waals surface area contributed by atoms with E-state index in [-0.39, 0.29) is 67.2 Å². The summed E-state index contributed by atoms with van der Waals surface area (Å²) in [4.78, 5) is 52.1. The smallest absolute Gasteiger partial charge is 1.00 e. The number of carboxylic acids is 1. The number of aliphatic carboxylic acids is 1. The van der Waals surface area contributed by atoms with E-state index in [0.29, 0.717) is 23.4 Å². The maximum Gasteiger partial charge on any atom is 1.00 e. The van der Waals surface area contributed by atoms with Gasteiger partial charge in [-0.15, -0.1) is 0 Å². The third-order valence-electron chi connectivity index (χ3n) is 6.59. The molecular weight excluding hydrogens is 430 g/mol. The number of rotatable bonds is 3. The Bertz CT molecular complexity index is 964. The normalized spacial score (nSPS) is 31.1. The first-order valence-corrected chi connectivity index (χ1v) is 9.78. The van der Waals surface area contributed by atoms with Gasteiger partial charge in [-0.1, -0.05) is 0 Å². The molecule has 5 aliphatic rings. The molecule has 3 atom stereocenters. The van der Waals surface area contributed by atoms with E-state index in [0.717, 1.165) is 17.7 Å². The predicted molar refractivity (Wildman–Crippen MR) is 93.5 cm³/mol. The minimum atomic E-state index is -5.11. The van der Waals surface area contributed by atoms with Gasteiger partial charge < -0.3 is 16.3 Å². The van der Waals surface area contributed by atoms with E-state index in [1.54, 1.807) is 4.90 Å². The average molecular weight is 449 g/mol. The molecule has 4 heterocycles. The molecule has 5 rings (SSSR count). The first kappa shape index (κ1) is 22.3. The van der Waals surface area contributed by atoms with Gasteiger partial charge in [-0.05, 0) is 37.3 Å². The van der Waals surface area contributed by atoms with Gasteiger partial charge in [-0.25, -0.2) is 4.79 Å². The van der Waals surface area contributed by atoms with Crippen molar-refractivity contribution in [2.75, 3.05) is 13.1 Å². The average Bonchev–Trinajstić information content (AvgIpc) is 3.35. The van der Waals surface area contributed by atoms with Crippen LogP contribution in [0, 0.1) is 5.92 Å². The molecule has 1 N–H and O–H groups in total. The fourth-order valence-corrected chi connectivity index (χ4v) is 5.19. The first-order valence-electron chi connectivity index (χ1n) is 9.78. The summed E-state index contributed by atoms with van der Waals surface area (Å²) in [5, 5.41) is 9.70. The van der Waals surface area contributed by atoms with E-state index in [1.807, 2.05) is 0 Å². The molecule has 0 bridgehead atoms. The van der Waals surface area contributed by atoms with Crippen LogP contribution < -0.4 is 29.6 Å². The molecule has 8 nitrogen and oxygen atoms in total. The summed E-state index contributed by atoms with van der Waals surface area (Å²) in [5.74, 6) is -4.96. The van der Waals surface area contributed by atoms with Crippen molar-refractivity contribution >= 4 is 23.7 Å². The number of alkyl halides is 3. The molecule has 3 saturated heterocycles. The quantitative estimate of drug-likeness (QED) is 0.299. The zero-order valence-electron chi connectivity index (χ0n) is 17.7. The summed E-state index contributed by atoms with van der Waals surface area (Å²) in [6.45, 7) is 0.271. The summed E-state index contributed by atoms with van der Waals surface area (Å²) in [6, 6.07) is -1.84. The number of carboxylic acid groups (broad SMARTS) is 1. The summed E-state index contributed by atoms with van der Waals surface area (Å²) >= 11 is 0. The van der Waals surface area contributed by atoms with Gasteiger partial charge in [0.1, 0.15) is 11.7 Å². The monoisotopic (exact) mass is 449 g/mol. The number of hydrogen-bond donors (Lipinski definition) is 1. The minimum absolute atomic E-state index is 0. The van der Waals surface area contributed by atoms with Gasteiger partial charge in [0.2, 0.25) is 5.91 Å². The molecule has 0 aromatic carbocycles. The van der Waals surface area contributed by atoms with Crippen molar-refractivity contribution in [2.45, 2.75) is 50.0 Å². The van der Waals surface area contributed by atoms with Gasteiger partial charge in [-0.2, -0.15) is 13.2 Å². The van der Waals surface area contributed by atoms with Crippen LogP contribution in [0.25, 0.3) is 0 Å². The molecule has 1 aliphatic carbocycles.